The second-order valence-electron chi connectivity index (χ2n) is 17.1. The number of hydrogen-bond donors (Lipinski definition) is 0. The Morgan fingerprint density at radius 1 is 0.239 bits per heavy atom. The van der Waals surface area contributed by atoms with Crippen LogP contribution in [0.5, 0.6) is 0 Å². The monoisotopic (exact) mass is 852 g/mol. The van der Waals surface area contributed by atoms with Crippen LogP contribution in [0.15, 0.2) is 243 Å². The van der Waals surface area contributed by atoms with Gasteiger partial charge in [0.05, 0.1) is 11.0 Å². The van der Waals surface area contributed by atoms with Crippen molar-refractivity contribution in [2.24, 2.45) is 0 Å². The van der Waals surface area contributed by atoms with Crippen LogP contribution in [-0.4, -0.2) is 19.5 Å². The molecule has 0 saturated heterocycles. The third kappa shape index (κ3) is 6.65. The highest BCUT2D eigenvalue weighted by molar-refractivity contribution is 6.25. The van der Waals surface area contributed by atoms with Crippen LogP contribution in [0, 0.1) is 0 Å². The summed E-state index contributed by atoms with van der Waals surface area (Å²) in [6.07, 6.45) is 0. The van der Waals surface area contributed by atoms with Gasteiger partial charge in [-0.15, -0.1) is 0 Å². The predicted molar refractivity (Wildman–Crippen MR) is 279 cm³/mol. The summed E-state index contributed by atoms with van der Waals surface area (Å²) in [6, 6.07) is 86.7. The molecule has 4 heteroatoms. The second-order valence-corrected chi connectivity index (χ2v) is 17.1. The number of fused-ring (bicyclic) bond motifs is 9. The summed E-state index contributed by atoms with van der Waals surface area (Å²) in [5.41, 5.74) is 13.3. The fourth-order valence-electron chi connectivity index (χ4n) is 10.0. The normalized spacial score (nSPS) is 11.6. The number of rotatable bonds is 7. The van der Waals surface area contributed by atoms with Crippen LogP contribution in [0.25, 0.3) is 127 Å². The summed E-state index contributed by atoms with van der Waals surface area (Å²) >= 11 is 0. The molecular weight excluding hydrogens is 813 g/mol. The van der Waals surface area contributed by atoms with E-state index in [1.54, 1.807) is 0 Å². The maximum absolute atomic E-state index is 4.95. The molecule has 0 bridgehead atoms. The Morgan fingerprint density at radius 2 is 0.642 bits per heavy atom. The Morgan fingerprint density at radius 3 is 1.25 bits per heavy atom. The first kappa shape index (κ1) is 38.5. The molecule has 0 saturated carbocycles. The standard InChI is InChI=1S/C63H40N4/c1-3-15-43(16-4-1)61-64-62(44-17-5-2-6-18-44)66-63(65-61)45-31-29-41(30-32-45)42-33-36-49(37-34-42)67-59-28-12-11-25-56(59)57-27-14-26-50(60(57)67)48-20-13-19-46(39-48)47-35-38-55-53-23-8-7-21-51(53)52-22-9-10-24-54(52)58(55)40-47/h1-40H. The summed E-state index contributed by atoms with van der Waals surface area (Å²) in [5.74, 6) is 1.94. The highest BCUT2D eigenvalue weighted by Gasteiger charge is 2.18. The van der Waals surface area contributed by atoms with Crippen molar-refractivity contribution < 1.29 is 0 Å². The van der Waals surface area contributed by atoms with Gasteiger partial charge >= 0.3 is 0 Å². The molecule has 13 aromatic rings. The molecule has 0 N–H and O–H groups in total. The van der Waals surface area contributed by atoms with Crippen LogP contribution in [0.1, 0.15) is 0 Å². The predicted octanol–water partition coefficient (Wildman–Crippen LogP) is 16.4. The highest BCUT2D eigenvalue weighted by atomic mass is 15.0. The number of hydrogen-bond acceptors (Lipinski definition) is 3. The van der Waals surface area contributed by atoms with Gasteiger partial charge in [-0.3, -0.25) is 0 Å². The maximum atomic E-state index is 4.95. The van der Waals surface area contributed by atoms with Crippen LogP contribution in [-0.2, 0) is 0 Å². The van der Waals surface area contributed by atoms with E-state index in [-0.39, 0.29) is 0 Å². The number of nitrogens with zero attached hydrogens (tertiary/aromatic N) is 4. The molecule has 13 rings (SSSR count). The van der Waals surface area contributed by atoms with Crippen molar-refractivity contribution in [3.05, 3.63) is 243 Å². The first-order valence-electron chi connectivity index (χ1n) is 22.8. The molecule has 312 valence electrons. The zero-order valence-electron chi connectivity index (χ0n) is 36.4. The van der Waals surface area contributed by atoms with E-state index in [0.29, 0.717) is 17.5 Å². The molecule has 0 aliphatic carbocycles. The van der Waals surface area contributed by atoms with Gasteiger partial charge in [-0.2, -0.15) is 0 Å². The van der Waals surface area contributed by atoms with E-state index in [1.165, 1.54) is 76.4 Å². The summed E-state index contributed by atoms with van der Waals surface area (Å²) in [5, 5.41) is 10.2. The largest absolute Gasteiger partial charge is 0.309 e. The van der Waals surface area contributed by atoms with Gasteiger partial charge in [-0.25, -0.2) is 15.0 Å². The maximum Gasteiger partial charge on any atom is 0.164 e. The first-order valence-corrected chi connectivity index (χ1v) is 22.8. The molecule has 0 spiro atoms. The van der Waals surface area contributed by atoms with Crippen LogP contribution in [0.3, 0.4) is 0 Å². The van der Waals surface area contributed by atoms with Crippen molar-refractivity contribution in [2.45, 2.75) is 0 Å². The Balaban J connectivity index is 0.871. The zero-order chi connectivity index (χ0) is 44.3. The smallest absolute Gasteiger partial charge is 0.164 e. The summed E-state index contributed by atoms with van der Waals surface area (Å²) in [6.45, 7) is 0. The zero-order valence-corrected chi connectivity index (χ0v) is 36.4. The quantitative estimate of drug-likeness (QED) is 0.150. The van der Waals surface area contributed by atoms with Crippen molar-refractivity contribution in [3.63, 3.8) is 0 Å². The minimum atomic E-state index is 0.641. The second kappa shape index (κ2) is 15.9. The Kier molecular flexibility index (Phi) is 9.14. The lowest BCUT2D eigenvalue weighted by Crippen LogP contribution is -2.00. The number of para-hydroxylation sites is 2. The molecule has 67 heavy (non-hydrogen) atoms. The molecule has 2 aromatic heterocycles. The van der Waals surface area contributed by atoms with Gasteiger partial charge in [0.2, 0.25) is 0 Å². The molecule has 0 radical (unpaired) electrons. The highest BCUT2D eigenvalue weighted by Crippen LogP contribution is 2.41. The molecule has 0 atom stereocenters. The van der Waals surface area contributed by atoms with Gasteiger partial charge in [-0.05, 0) is 90.5 Å². The molecule has 4 nitrogen and oxygen atoms in total. The van der Waals surface area contributed by atoms with Crippen molar-refractivity contribution in [2.75, 3.05) is 0 Å². The van der Waals surface area contributed by atoms with Crippen LogP contribution in [0.4, 0.5) is 0 Å². The number of benzene rings is 11. The first-order chi connectivity index (χ1) is 33.2. The van der Waals surface area contributed by atoms with Gasteiger partial charge < -0.3 is 4.57 Å². The lowest BCUT2D eigenvalue weighted by molar-refractivity contribution is 1.07. The molecule has 11 aromatic carbocycles. The van der Waals surface area contributed by atoms with Gasteiger partial charge in [0.15, 0.2) is 17.5 Å². The van der Waals surface area contributed by atoms with E-state index in [0.717, 1.165) is 33.5 Å². The van der Waals surface area contributed by atoms with E-state index < -0.39 is 0 Å². The topological polar surface area (TPSA) is 43.6 Å². The fraction of sp³-hybridized carbons (Fsp3) is 0. The Labute approximate surface area is 387 Å². The van der Waals surface area contributed by atoms with Crippen molar-refractivity contribution in [3.8, 4) is 73.2 Å². The summed E-state index contributed by atoms with van der Waals surface area (Å²) in [4.78, 5) is 14.8. The van der Waals surface area contributed by atoms with Crippen molar-refractivity contribution in [1.82, 2.24) is 19.5 Å². The molecule has 0 amide bonds. The van der Waals surface area contributed by atoms with Gasteiger partial charge in [0, 0.05) is 38.7 Å². The minimum absolute atomic E-state index is 0.641. The van der Waals surface area contributed by atoms with Gasteiger partial charge in [0.25, 0.3) is 0 Å². The lowest BCUT2D eigenvalue weighted by atomic mass is 9.91. The molecule has 0 fully saturated rings. The molecular formula is C63H40N4. The van der Waals surface area contributed by atoms with Gasteiger partial charge in [0.1, 0.15) is 0 Å². The van der Waals surface area contributed by atoms with Crippen molar-refractivity contribution >= 4 is 54.1 Å². The molecule has 2 heterocycles. The minimum Gasteiger partial charge on any atom is -0.309 e. The summed E-state index contributed by atoms with van der Waals surface area (Å²) in [7, 11) is 0. The third-order valence-electron chi connectivity index (χ3n) is 13.2. The van der Waals surface area contributed by atoms with E-state index >= 15 is 0 Å². The average Bonchev–Trinajstić information content (AvgIpc) is 3.76. The molecule has 0 aliphatic heterocycles. The number of aromatic nitrogens is 4. The Hall–Kier alpha value is -8.99. The average molecular weight is 853 g/mol. The van der Waals surface area contributed by atoms with Gasteiger partial charge in [-0.1, -0.05) is 212 Å². The van der Waals surface area contributed by atoms with Crippen LogP contribution >= 0.6 is 0 Å². The fourth-order valence-corrected chi connectivity index (χ4v) is 10.0. The van der Waals surface area contributed by atoms with E-state index in [4.69, 9.17) is 15.0 Å². The third-order valence-corrected chi connectivity index (χ3v) is 13.2. The van der Waals surface area contributed by atoms with Crippen molar-refractivity contribution in [1.29, 1.82) is 0 Å². The van der Waals surface area contributed by atoms with E-state index in [1.807, 2.05) is 60.7 Å². The lowest BCUT2D eigenvalue weighted by Gasteiger charge is -2.14. The summed E-state index contributed by atoms with van der Waals surface area (Å²) < 4.78 is 2.43. The van der Waals surface area contributed by atoms with Crippen LogP contribution < -0.4 is 0 Å². The Bertz CT molecular complexity index is 3910. The molecule has 0 unspecified atom stereocenters. The van der Waals surface area contributed by atoms with E-state index in [2.05, 4.69) is 187 Å². The molecule has 0 aliphatic rings. The van der Waals surface area contributed by atoms with E-state index in [9.17, 15) is 0 Å². The SMILES string of the molecule is c1ccc(-c2nc(-c3ccccc3)nc(-c3ccc(-c4ccc(-n5c6ccccc6c6cccc(-c7cccc(-c8ccc9c%10ccccc%10c%10ccccc%10c9c8)c7)c65)cc4)cc3)n2)cc1. The van der Waals surface area contributed by atoms with Crippen LogP contribution in [0.2, 0.25) is 0 Å².